The highest BCUT2D eigenvalue weighted by molar-refractivity contribution is 5.87. The number of rotatable bonds is 6. The summed E-state index contributed by atoms with van der Waals surface area (Å²) in [5.41, 5.74) is 1.10. The van der Waals surface area contributed by atoms with E-state index in [9.17, 15) is 9.59 Å². The lowest BCUT2D eigenvalue weighted by Crippen LogP contribution is -2.26. The molecule has 7 nitrogen and oxygen atoms in total. The third-order valence-electron chi connectivity index (χ3n) is 3.17. The first-order valence-electron chi connectivity index (χ1n) is 6.81. The van der Waals surface area contributed by atoms with Gasteiger partial charge < -0.3 is 14.5 Å². The number of carboxylic acids is 1. The Labute approximate surface area is 127 Å². The minimum Gasteiger partial charge on any atom is -0.478 e. The zero-order valence-corrected chi connectivity index (χ0v) is 12.4. The lowest BCUT2D eigenvalue weighted by Gasteiger charge is -2.17. The highest BCUT2D eigenvalue weighted by atomic mass is 16.5. The molecule has 0 unspecified atom stereocenters. The molecular formula is C15H17N3O4. The van der Waals surface area contributed by atoms with Crippen LogP contribution >= 0.6 is 0 Å². The minimum atomic E-state index is -0.967. The first-order chi connectivity index (χ1) is 10.5. The Kier molecular flexibility index (Phi) is 4.88. The van der Waals surface area contributed by atoms with Crippen LogP contribution < -0.4 is 0 Å². The van der Waals surface area contributed by atoms with Gasteiger partial charge in [0.2, 0.25) is 11.8 Å². The molecule has 2 aromatic rings. The molecular weight excluding hydrogens is 286 g/mol. The Bertz CT molecular complexity index is 664. The number of carbonyl (C=O) groups excluding carboxylic acids is 1. The van der Waals surface area contributed by atoms with Crippen LogP contribution in [0.5, 0.6) is 0 Å². The standard InChI is InChI=1S/C15H17N3O4/c1-10-16-13(22-17-10)7-8-14(19)18(2)9-11-3-5-12(6-4-11)15(20)21/h3-6H,7-9H2,1-2H3,(H,20,21). The maximum absolute atomic E-state index is 12.0. The van der Waals surface area contributed by atoms with E-state index in [0.717, 1.165) is 5.56 Å². The Morgan fingerprint density at radius 2 is 1.95 bits per heavy atom. The fourth-order valence-electron chi connectivity index (χ4n) is 1.96. The van der Waals surface area contributed by atoms with Crippen LogP contribution in [0, 0.1) is 6.92 Å². The molecule has 2 rings (SSSR count). The molecule has 22 heavy (non-hydrogen) atoms. The summed E-state index contributed by atoms with van der Waals surface area (Å²) in [4.78, 5) is 28.5. The van der Waals surface area contributed by atoms with Gasteiger partial charge in [-0.05, 0) is 24.6 Å². The fraction of sp³-hybridized carbons (Fsp3) is 0.333. The van der Waals surface area contributed by atoms with Gasteiger partial charge in [0, 0.05) is 26.4 Å². The van der Waals surface area contributed by atoms with Crippen LogP contribution in [0.2, 0.25) is 0 Å². The first kappa shape index (κ1) is 15.7. The molecule has 0 saturated carbocycles. The lowest BCUT2D eigenvalue weighted by atomic mass is 10.1. The molecule has 1 heterocycles. The highest BCUT2D eigenvalue weighted by Crippen LogP contribution is 2.09. The Balaban J connectivity index is 1.86. The summed E-state index contributed by atoms with van der Waals surface area (Å²) in [6.07, 6.45) is 0.688. The summed E-state index contributed by atoms with van der Waals surface area (Å²) in [5.74, 6) is -0.0108. The number of carbonyl (C=O) groups is 2. The Morgan fingerprint density at radius 1 is 1.27 bits per heavy atom. The van der Waals surface area contributed by atoms with Crippen LogP contribution in [0.15, 0.2) is 28.8 Å². The SMILES string of the molecule is Cc1noc(CCC(=O)N(C)Cc2ccc(C(=O)O)cc2)n1. The zero-order chi connectivity index (χ0) is 16.1. The predicted molar refractivity (Wildman–Crippen MR) is 77.2 cm³/mol. The van der Waals surface area contributed by atoms with Gasteiger partial charge in [-0.2, -0.15) is 4.98 Å². The fourth-order valence-corrected chi connectivity index (χ4v) is 1.96. The van der Waals surface area contributed by atoms with Gasteiger partial charge in [-0.1, -0.05) is 17.3 Å². The summed E-state index contributed by atoms with van der Waals surface area (Å²) < 4.78 is 4.96. The van der Waals surface area contributed by atoms with Crippen molar-refractivity contribution in [1.29, 1.82) is 0 Å². The van der Waals surface area contributed by atoms with E-state index in [2.05, 4.69) is 10.1 Å². The van der Waals surface area contributed by atoms with E-state index in [0.29, 0.717) is 24.7 Å². The third-order valence-corrected chi connectivity index (χ3v) is 3.17. The maximum atomic E-state index is 12.0. The van der Waals surface area contributed by atoms with Crippen molar-refractivity contribution in [3.8, 4) is 0 Å². The zero-order valence-electron chi connectivity index (χ0n) is 12.4. The van der Waals surface area contributed by atoms with E-state index < -0.39 is 5.97 Å². The van der Waals surface area contributed by atoms with E-state index >= 15 is 0 Å². The lowest BCUT2D eigenvalue weighted by molar-refractivity contribution is -0.130. The smallest absolute Gasteiger partial charge is 0.335 e. The van der Waals surface area contributed by atoms with Crippen LogP contribution in [0.3, 0.4) is 0 Å². The number of hydrogen-bond acceptors (Lipinski definition) is 5. The summed E-state index contributed by atoms with van der Waals surface area (Å²) in [7, 11) is 1.70. The molecule has 1 amide bonds. The average molecular weight is 303 g/mol. The number of carboxylic acid groups (broad SMARTS) is 1. The van der Waals surface area contributed by atoms with Crippen molar-refractivity contribution in [2.75, 3.05) is 7.05 Å². The van der Waals surface area contributed by atoms with Crippen molar-refractivity contribution in [3.63, 3.8) is 0 Å². The number of aryl methyl sites for hydroxylation is 2. The largest absolute Gasteiger partial charge is 0.478 e. The molecule has 116 valence electrons. The first-order valence-corrected chi connectivity index (χ1v) is 6.81. The number of hydrogen-bond donors (Lipinski definition) is 1. The van der Waals surface area contributed by atoms with Crippen molar-refractivity contribution in [2.24, 2.45) is 0 Å². The summed E-state index contributed by atoms with van der Waals surface area (Å²) in [5, 5.41) is 12.5. The van der Waals surface area contributed by atoms with Crippen molar-refractivity contribution in [2.45, 2.75) is 26.3 Å². The monoisotopic (exact) mass is 303 g/mol. The van der Waals surface area contributed by atoms with Crippen molar-refractivity contribution in [3.05, 3.63) is 47.1 Å². The second-order valence-corrected chi connectivity index (χ2v) is 4.99. The summed E-state index contributed by atoms with van der Waals surface area (Å²) in [6, 6.07) is 6.46. The van der Waals surface area contributed by atoms with Gasteiger partial charge in [-0.25, -0.2) is 4.79 Å². The summed E-state index contributed by atoms with van der Waals surface area (Å²) in [6.45, 7) is 2.14. The maximum Gasteiger partial charge on any atom is 0.335 e. The second kappa shape index (κ2) is 6.84. The highest BCUT2D eigenvalue weighted by Gasteiger charge is 2.12. The van der Waals surface area contributed by atoms with Gasteiger partial charge in [0.15, 0.2) is 5.82 Å². The number of amides is 1. The Hall–Kier alpha value is -2.70. The molecule has 0 fully saturated rings. The Morgan fingerprint density at radius 3 is 2.50 bits per heavy atom. The quantitative estimate of drug-likeness (QED) is 0.872. The van der Waals surface area contributed by atoms with E-state index in [-0.39, 0.29) is 17.9 Å². The molecule has 1 N–H and O–H groups in total. The van der Waals surface area contributed by atoms with E-state index in [4.69, 9.17) is 9.63 Å². The minimum absolute atomic E-state index is 0.0434. The molecule has 0 aliphatic carbocycles. The van der Waals surface area contributed by atoms with Crippen LogP contribution in [0.4, 0.5) is 0 Å². The normalized spacial score (nSPS) is 10.5. The van der Waals surface area contributed by atoms with Gasteiger partial charge in [-0.3, -0.25) is 4.79 Å². The van der Waals surface area contributed by atoms with E-state index in [1.807, 2.05) is 0 Å². The molecule has 7 heteroatoms. The van der Waals surface area contributed by atoms with Gasteiger partial charge in [-0.15, -0.1) is 0 Å². The van der Waals surface area contributed by atoms with Gasteiger partial charge in [0.1, 0.15) is 0 Å². The molecule has 0 saturated heterocycles. The van der Waals surface area contributed by atoms with Crippen LogP contribution in [-0.2, 0) is 17.8 Å². The van der Waals surface area contributed by atoms with Gasteiger partial charge in [0.25, 0.3) is 0 Å². The molecule has 0 bridgehead atoms. The predicted octanol–water partition coefficient (Wildman–Crippen LogP) is 1.67. The van der Waals surface area contributed by atoms with Crippen LogP contribution in [0.1, 0.15) is 34.1 Å². The average Bonchev–Trinajstić information content (AvgIpc) is 2.91. The van der Waals surface area contributed by atoms with E-state index in [1.54, 1.807) is 31.0 Å². The van der Waals surface area contributed by atoms with Crippen molar-refractivity contribution in [1.82, 2.24) is 15.0 Å². The molecule has 0 spiro atoms. The second-order valence-electron chi connectivity index (χ2n) is 4.99. The van der Waals surface area contributed by atoms with Crippen LogP contribution in [0.25, 0.3) is 0 Å². The number of benzene rings is 1. The van der Waals surface area contributed by atoms with Crippen molar-refractivity contribution < 1.29 is 19.2 Å². The number of aromatic nitrogens is 2. The third kappa shape index (κ3) is 4.15. The van der Waals surface area contributed by atoms with Gasteiger partial charge >= 0.3 is 5.97 Å². The molecule has 1 aromatic carbocycles. The topological polar surface area (TPSA) is 96.5 Å². The molecule has 0 aliphatic rings. The van der Waals surface area contributed by atoms with Crippen molar-refractivity contribution >= 4 is 11.9 Å². The van der Waals surface area contributed by atoms with Gasteiger partial charge in [0.05, 0.1) is 5.56 Å². The van der Waals surface area contributed by atoms with E-state index in [1.165, 1.54) is 12.1 Å². The number of aromatic carboxylic acids is 1. The molecule has 0 radical (unpaired) electrons. The van der Waals surface area contributed by atoms with Crippen LogP contribution in [-0.4, -0.2) is 39.1 Å². The molecule has 0 aliphatic heterocycles. The molecule has 0 atom stereocenters. The number of nitrogens with zero attached hydrogens (tertiary/aromatic N) is 3. The molecule has 1 aromatic heterocycles. The summed E-state index contributed by atoms with van der Waals surface area (Å²) >= 11 is 0.